The molecule has 0 amide bonds. The van der Waals surface area contributed by atoms with Gasteiger partial charge in [-0.3, -0.25) is 4.98 Å². The van der Waals surface area contributed by atoms with Crippen LogP contribution < -0.4 is 0 Å². The second kappa shape index (κ2) is 13.3. The molecule has 0 radical (unpaired) electrons. The average Bonchev–Trinajstić information content (AvgIpc) is 3.79. The second-order valence-corrected chi connectivity index (χ2v) is 15.8. The molecule has 0 aliphatic heterocycles. The lowest BCUT2D eigenvalue weighted by atomic mass is 9.69. The molecule has 0 saturated heterocycles. The van der Waals surface area contributed by atoms with Crippen LogP contribution in [0.2, 0.25) is 0 Å². The second-order valence-electron chi connectivity index (χ2n) is 15.8. The summed E-state index contributed by atoms with van der Waals surface area (Å²) < 4.78 is 0. The molecule has 0 saturated carbocycles. The summed E-state index contributed by atoms with van der Waals surface area (Å²) in [5, 5.41) is 2.46. The lowest BCUT2D eigenvalue weighted by Crippen LogP contribution is -2.27. The fourth-order valence-corrected chi connectivity index (χ4v) is 10.1. The highest BCUT2D eigenvalue weighted by molar-refractivity contribution is 5.98. The van der Waals surface area contributed by atoms with Crippen molar-refractivity contribution in [2.75, 3.05) is 0 Å². The van der Waals surface area contributed by atoms with Crippen LogP contribution in [0.3, 0.4) is 0 Å². The molecule has 0 bridgehead atoms. The minimum absolute atomic E-state index is 0.403. The van der Waals surface area contributed by atoms with Gasteiger partial charge in [0.25, 0.3) is 0 Å². The maximum atomic E-state index is 5.43. The number of pyridine rings is 1. The van der Waals surface area contributed by atoms with Crippen molar-refractivity contribution in [3.8, 4) is 67.3 Å². The Morgan fingerprint density at radius 2 is 1.10 bits per heavy atom. The minimum Gasteiger partial charge on any atom is -0.264 e. The molecule has 1 spiro atoms. The average molecular weight is 752 g/mol. The van der Waals surface area contributed by atoms with Crippen LogP contribution in [-0.2, 0) is 5.41 Å². The Kier molecular flexibility index (Phi) is 7.58. The zero-order valence-corrected chi connectivity index (χ0v) is 32.3. The van der Waals surface area contributed by atoms with Gasteiger partial charge in [-0.25, -0.2) is 9.97 Å². The van der Waals surface area contributed by atoms with Crippen molar-refractivity contribution in [1.82, 2.24) is 15.0 Å². The topological polar surface area (TPSA) is 38.7 Å². The van der Waals surface area contributed by atoms with Crippen LogP contribution in [0.15, 0.2) is 206 Å². The van der Waals surface area contributed by atoms with Gasteiger partial charge in [0.1, 0.15) is 0 Å². The number of hydrogen-bond donors (Lipinski definition) is 0. The Morgan fingerprint density at radius 3 is 1.92 bits per heavy atom. The van der Waals surface area contributed by atoms with Gasteiger partial charge in [0.05, 0.1) is 16.8 Å². The molecule has 9 aromatic rings. The van der Waals surface area contributed by atoms with E-state index < -0.39 is 5.41 Å². The summed E-state index contributed by atoms with van der Waals surface area (Å²) >= 11 is 0. The highest BCUT2D eigenvalue weighted by Gasteiger charge is 2.52. The first-order valence-corrected chi connectivity index (χ1v) is 20.5. The Labute approximate surface area is 343 Å². The molecule has 3 nitrogen and oxygen atoms in total. The molecule has 0 atom stereocenters. The fourth-order valence-electron chi connectivity index (χ4n) is 10.1. The number of nitrogens with zero attached hydrogens (tertiary/aromatic N) is 3. The first-order valence-electron chi connectivity index (χ1n) is 20.5. The number of fused-ring (bicyclic) bond motifs is 10. The molecule has 0 N–H and O–H groups in total. The van der Waals surface area contributed by atoms with Crippen LogP contribution in [0.25, 0.3) is 83.6 Å². The monoisotopic (exact) mass is 751 g/mol. The van der Waals surface area contributed by atoms with E-state index in [0.717, 1.165) is 57.6 Å². The van der Waals surface area contributed by atoms with E-state index in [1.165, 1.54) is 60.9 Å². The Morgan fingerprint density at radius 1 is 0.441 bits per heavy atom. The maximum absolute atomic E-state index is 5.43. The Bertz CT molecular complexity index is 3160. The molecule has 0 unspecified atom stereocenters. The largest absolute Gasteiger partial charge is 0.264 e. The summed E-state index contributed by atoms with van der Waals surface area (Å²) in [6.45, 7) is 0. The molecular formula is C56H37N3. The van der Waals surface area contributed by atoms with Crippen LogP contribution in [0.5, 0.6) is 0 Å². The summed E-state index contributed by atoms with van der Waals surface area (Å²) in [5.41, 5.74) is 19.9. The van der Waals surface area contributed by atoms with Crippen molar-refractivity contribution in [3.63, 3.8) is 0 Å². The standard InChI is InChI=1S/C56H37N3/c1-2-17-43-37(12-1)13-10-21-44(43)39-14-9-15-40(32-39)54-34-53(38-27-25-36(26-28-38)42-16-11-31-57-35-42)58-55(59-54)41-29-30-48-47-20-5-8-24-51(47)56(52(48)33-41)49-22-6-3-18-45(49)46-19-4-7-23-50(46)56/h1-4,6-19,21-35H,5,20H2. The Hall–Kier alpha value is -7.49. The van der Waals surface area contributed by atoms with Crippen molar-refractivity contribution in [3.05, 3.63) is 228 Å². The van der Waals surface area contributed by atoms with Crippen molar-refractivity contribution in [2.45, 2.75) is 18.3 Å². The number of rotatable bonds is 5. The molecule has 7 aromatic carbocycles. The maximum Gasteiger partial charge on any atom is 0.160 e. The van der Waals surface area contributed by atoms with Gasteiger partial charge in [0, 0.05) is 29.1 Å². The molecule has 59 heavy (non-hydrogen) atoms. The first-order chi connectivity index (χ1) is 29.2. The predicted molar refractivity (Wildman–Crippen MR) is 242 cm³/mol. The van der Waals surface area contributed by atoms with E-state index in [1.807, 2.05) is 18.5 Å². The quantitative estimate of drug-likeness (QED) is 0.176. The van der Waals surface area contributed by atoms with Gasteiger partial charge in [-0.05, 0) is 115 Å². The third-order valence-corrected chi connectivity index (χ3v) is 12.7. The van der Waals surface area contributed by atoms with E-state index >= 15 is 0 Å². The van der Waals surface area contributed by atoms with E-state index in [9.17, 15) is 0 Å². The zero-order chi connectivity index (χ0) is 38.9. The van der Waals surface area contributed by atoms with E-state index in [4.69, 9.17) is 9.97 Å². The summed E-state index contributed by atoms with van der Waals surface area (Å²) in [5.74, 6) is 0.710. The number of allylic oxidation sites excluding steroid dienone is 4. The van der Waals surface area contributed by atoms with Crippen molar-refractivity contribution in [2.24, 2.45) is 0 Å². The zero-order valence-electron chi connectivity index (χ0n) is 32.3. The first kappa shape index (κ1) is 33.6. The molecule has 2 aromatic heterocycles. The van der Waals surface area contributed by atoms with Crippen molar-refractivity contribution in [1.29, 1.82) is 0 Å². The van der Waals surface area contributed by atoms with Crippen LogP contribution in [0, 0.1) is 0 Å². The van der Waals surface area contributed by atoms with Crippen LogP contribution in [0.4, 0.5) is 0 Å². The molecule has 2 heterocycles. The fraction of sp³-hybridized carbons (Fsp3) is 0.0536. The van der Waals surface area contributed by atoms with Gasteiger partial charge in [-0.2, -0.15) is 0 Å². The Balaban J connectivity index is 1.05. The van der Waals surface area contributed by atoms with Crippen molar-refractivity contribution >= 4 is 16.3 Å². The number of benzene rings is 7. The summed E-state index contributed by atoms with van der Waals surface area (Å²) in [6, 6.07) is 63.8. The van der Waals surface area contributed by atoms with Crippen LogP contribution in [0.1, 0.15) is 35.1 Å². The predicted octanol–water partition coefficient (Wildman–Crippen LogP) is 13.8. The van der Waals surface area contributed by atoms with Crippen molar-refractivity contribution < 1.29 is 0 Å². The van der Waals surface area contributed by atoms with Gasteiger partial charge in [0.15, 0.2) is 5.82 Å². The van der Waals surface area contributed by atoms with Gasteiger partial charge >= 0.3 is 0 Å². The van der Waals surface area contributed by atoms with E-state index in [-0.39, 0.29) is 0 Å². The van der Waals surface area contributed by atoms with Gasteiger partial charge < -0.3 is 0 Å². The minimum atomic E-state index is -0.403. The normalized spacial score (nSPS) is 14.3. The van der Waals surface area contributed by atoms with Gasteiger partial charge in [0.2, 0.25) is 0 Å². The third kappa shape index (κ3) is 5.18. The van der Waals surface area contributed by atoms with Crippen LogP contribution >= 0.6 is 0 Å². The smallest absolute Gasteiger partial charge is 0.160 e. The molecule has 3 aliphatic rings. The molecule has 276 valence electrons. The highest BCUT2D eigenvalue weighted by Crippen LogP contribution is 2.63. The lowest BCUT2D eigenvalue weighted by molar-refractivity contribution is 0.780. The van der Waals surface area contributed by atoms with E-state index in [0.29, 0.717) is 5.82 Å². The summed E-state index contributed by atoms with van der Waals surface area (Å²) in [6.07, 6.45) is 10.6. The summed E-state index contributed by atoms with van der Waals surface area (Å²) in [4.78, 5) is 15.2. The van der Waals surface area contributed by atoms with Crippen LogP contribution in [-0.4, -0.2) is 15.0 Å². The lowest BCUT2D eigenvalue weighted by Gasteiger charge is -2.32. The third-order valence-electron chi connectivity index (χ3n) is 12.7. The molecule has 12 rings (SSSR count). The number of hydrogen-bond acceptors (Lipinski definition) is 3. The molecular weight excluding hydrogens is 715 g/mol. The highest BCUT2D eigenvalue weighted by atomic mass is 14.9. The van der Waals surface area contributed by atoms with E-state index in [1.54, 1.807) is 0 Å². The van der Waals surface area contributed by atoms with E-state index in [2.05, 4.69) is 187 Å². The van der Waals surface area contributed by atoms with Gasteiger partial charge in [-0.15, -0.1) is 0 Å². The number of aromatic nitrogens is 3. The van der Waals surface area contributed by atoms with Gasteiger partial charge in [-0.1, -0.05) is 164 Å². The SMILES string of the molecule is C1=CC2=C(CC1)c1ccc(-c3nc(-c4ccc(-c5cccnc5)cc4)cc(-c4cccc(-c5cccc6ccccc56)c4)n3)cc1C21c2ccccc2-c2ccccc21. The summed E-state index contributed by atoms with van der Waals surface area (Å²) in [7, 11) is 0. The molecule has 3 aliphatic carbocycles. The molecule has 0 fully saturated rings. The molecule has 3 heteroatoms.